The van der Waals surface area contributed by atoms with E-state index in [4.69, 9.17) is 4.74 Å². The number of anilines is 1. The van der Waals surface area contributed by atoms with Gasteiger partial charge in [-0.3, -0.25) is 14.6 Å². The molecule has 2 N–H and O–H groups in total. The van der Waals surface area contributed by atoms with E-state index in [1.54, 1.807) is 22.9 Å². The van der Waals surface area contributed by atoms with E-state index in [1.165, 1.54) is 11.9 Å². The molecule has 1 aliphatic rings. The van der Waals surface area contributed by atoms with Crippen LogP contribution in [0.4, 0.5) is 5.82 Å². The molecule has 0 atom stereocenters. The number of rotatable bonds is 7. The molecule has 35 heavy (non-hydrogen) atoms. The molecule has 1 aromatic carbocycles. The molecule has 6 rings (SSSR count). The number of pyridine rings is 1. The third-order valence-electron chi connectivity index (χ3n) is 6.19. The Hall–Kier alpha value is -4.31. The second-order valence-electron chi connectivity index (χ2n) is 8.55. The molecule has 5 heterocycles. The minimum Gasteiger partial charge on any atom is -0.375 e. The Morgan fingerprint density at radius 3 is 2.77 bits per heavy atom. The highest BCUT2D eigenvalue weighted by atomic mass is 16.5. The third-order valence-corrected chi connectivity index (χ3v) is 6.19. The van der Waals surface area contributed by atoms with Crippen molar-refractivity contribution in [2.45, 2.75) is 32.7 Å². The Morgan fingerprint density at radius 1 is 1.06 bits per heavy atom. The van der Waals surface area contributed by atoms with Crippen molar-refractivity contribution in [1.29, 1.82) is 0 Å². The van der Waals surface area contributed by atoms with Gasteiger partial charge in [0.2, 0.25) is 0 Å². The lowest BCUT2D eigenvalue weighted by molar-refractivity contribution is 0.108. The monoisotopic (exact) mass is 468 g/mol. The Morgan fingerprint density at radius 2 is 1.91 bits per heavy atom. The maximum absolute atomic E-state index is 11.9. The highest BCUT2D eigenvalue weighted by molar-refractivity contribution is 5.85. The van der Waals surface area contributed by atoms with Gasteiger partial charge in [0, 0.05) is 24.0 Å². The van der Waals surface area contributed by atoms with Gasteiger partial charge in [0.25, 0.3) is 5.56 Å². The van der Waals surface area contributed by atoms with E-state index >= 15 is 0 Å². The lowest BCUT2D eigenvalue weighted by Crippen LogP contribution is -2.18. The lowest BCUT2D eigenvalue weighted by atomic mass is 10.1. The Balaban J connectivity index is 1.16. The van der Waals surface area contributed by atoms with Crippen LogP contribution in [0.1, 0.15) is 28.1 Å². The number of ether oxygens (including phenoxy) is 1. The highest BCUT2D eigenvalue weighted by Crippen LogP contribution is 2.22. The average Bonchev–Trinajstić information content (AvgIpc) is 3.49. The molecule has 0 unspecified atom stereocenters. The lowest BCUT2D eigenvalue weighted by Gasteiger charge is -2.12. The van der Waals surface area contributed by atoms with Crippen molar-refractivity contribution in [2.24, 2.45) is 0 Å². The summed E-state index contributed by atoms with van der Waals surface area (Å²) in [5.74, 6) is 0.730. The number of benzene rings is 1. The molecule has 5 aromatic rings. The van der Waals surface area contributed by atoms with Crippen molar-refractivity contribution < 1.29 is 4.74 Å². The summed E-state index contributed by atoms with van der Waals surface area (Å²) in [6, 6.07) is 13.4. The SMILES string of the molecule is O=c1ccccn1Cc1ccc(Cn2cc3c(NCc4n[nH]c5c4CCOC5)ncnc3n2)cc1. The summed E-state index contributed by atoms with van der Waals surface area (Å²) >= 11 is 0. The molecule has 0 radical (unpaired) electrons. The predicted molar refractivity (Wildman–Crippen MR) is 130 cm³/mol. The fourth-order valence-corrected chi connectivity index (χ4v) is 4.35. The first-order valence-electron chi connectivity index (χ1n) is 11.5. The topological polar surface area (TPSA) is 116 Å². The van der Waals surface area contributed by atoms with Crippen LogP contribution in [0.3, 0.4) is 0 Å². The molecule has 0 bridgehead atoms. The number of hydrogen-bond donors (Lipinski definition) is 2. The van der Waals surface area contributed by atoms with E-state index in [0.29, 0.717) is 31.9 Å². The van der Waals surface area contributed by atoms with Gasteiger partial charge in [-0.05, 0) is 23.6 Å². The molecule has 0 saturated heterocycles. The Labute approximate surface area is 200 Å². The zero-order chi connectivity index (χ0) is 23.6. The molecule has 10 nitrogen and oxygen atoms in total. The molecule has 1 aliphatic heterocycles. The first-order chi connectivity index (χ1) is 17.2. The molecule has 176 valence electrons. The number of H-pyrrole nitrogens is 1. The molecular weight excluding hydrogens is 444 g/mol. The van der Waals surface area contributed by atoms with E-state index in [-0.39, 0.29) is 5.56 Å². The van der Waals surface area contributed by atoms with Gasteiger partial charge in [-0.1, -0.05) is 30.3 Å². The maximum atomic E-state index is 11.9. The van der Waals surface area contributed by atoms with Gasteiger partial charge >= 0.3 is 0 Å². The van der Waals surface area contributed by atoms with Gasteiger partial charge < -0.3 is 14.6 Å². The zero-order valence-electron chi connectivity index (χ0n) is 19.0. The standard InChI is InChI=1S/C25H24N8O2/c34-23-3-1-2-9-32(23)12-17-4-6-18(7-5-17)13-33-14-20-24(27-16-28-25(20)31-33)26-11-21-19-8-10-35-15-22(19)30-29-21/h1-7,9,14,16H,8,10-13,15H2,(H,29,30)(H,26,27,28,31). The zero-order valence-corrected chi connectivity index (χ0v) is 19.0. The van der Waals surface area contributed by atoms with E-state index in [1.807, 2.05) is 29.1 Å². The summed E-state index contributed by atoms with van der Waals surface area (Å²) in [6.45, 7) is 3.01. The molecule has 0 fully saturated rings. The molecule has 0 saturated carbocycles. The molecule has 4 aromatic heterocycles. The van der Waals surface area contributed by atoms with Crippen LogP contribution in [-0.2, 0) is 37.4 Å². The number of aromatic amines is 1. The van der Waals surface area contributed by atoms with Gasteiger partial charge in [0.15, 0.2) is 5.65 Å². The Bertz CT molecular complexity index is 1530. The summed E-state index contributed by atoms with van der Waals surface area (Å²) in [5, 5.41) is 16.4. The van der Waals surface area contributed by atoms with Crippen LogP contribution in [0.15, 0.2) is 66.0 Å². The van der Waals surface area contributed by atoms with E-state index in [0.717, 1.165) is 46.7 Å². The quantitative estimate of drug-likeness (QED) is 0.377. The van der Waals surface area contributed by atoms with Crippen molar-refractivity contribution in [3.8, 4) is 0 Å². The predicted octanol–water partition coefficient (Wildman–Crippen LogP) is 2.49. The van der Waals surface area contributed by atoms with E-state index < -0.39 is 0 Å². The summed E-state index contributed by atoms with van der Waals surface area (Å²) < 4.78 is 9.04. The minimum atomic E-state index is -0.00785. The van der Waals surface area contributed by atoms with Crippen molar-refractivity contribution in [1.82, 2.24) is 34.5 Å². The number of nitrogens with zero attached hydrogens (tertiary/aromatic N) is 6. The number of aromatic nitrogens is 7. The van der Waals surface area contributed by atoms with Crippen molar-refractivity contribution in [2.75, 3.05) is 11.9 Å². The highest BCUT2D eigenvalue weighted by Gasteiger charge is 2.17. The second kappa shape index (κ2) is 9.15. The molecular formula is C25H24N8O2. The third kappa shape index (κ3) is 4.43. The molecule has 0 spiro atoms. The molecule has 10 heteroatoms. The van der Waals surface area contributed by atoms with Crippen LogP contribution in [0.5, 0.6) is 0 Å². The molecule has 0 aliphatic carbocycles. The number of nitrogens with one attached hydrogen (secondary N) is 2. The van der Waals surface area contributed by atoms with Crippen molar-refractivity contribution >= 4 is 16.9 Å². The average molecular weight is 469 g/mol. The molecule has 0 amide bonds. The van der Waals surface area contributed by atoms with Crippen LogP contribution in [0, 0.1) is 0 Å². The van der Waals surface area contributed by atoms with Crippen LogP contribution in [-0.4, -0.2) is 41.1 Å². The fourth-order valence-electron chi connectivity index (χ4n) is 4.35. The summed E-state index contributed by atoms with van der Waals surface area (Å²) in [4.78, 5) is 20.7. The first kappa shape index (κ1) is 21.2. The van der Waals surface area contributed by atoms with Gasteiger partial charge in [-0.15, -0.1) is 0 Å². The van der Waals surface area contributed by atoms with Crippen LogP contribution < -0.4 is 10.9 Å². The smallest absolute Gasteiger partial charge is 0.250 e. The second-order valence-corrected chi connectivity index (χ2v) is 8.55. The summed E-state index contributed by atoms with van der Waals surface area (Å²) in [6.07, 6.45) is 6.15. The van der Waals surface area contributed by atoms with Gasteiger partial charge in [0.1, 0.15) is 12.1 Å². The van der Waals surface area contributed by atoms with E-state index in [9.17, 15) is 4.79 Å². The van der Waals surface area contributed by atoms with Gasteiger partial charge in [-0.2, -0.15) is 10.2 Å². The van der Waals surface area contributed by atoms with Crippen LogP contribution in [0.25, 0.3) is 11.0 Å². The van der Waals surface area contributed by atoms with Gasteiger partial charge in [-0.25, -0.2) is 9.97 Å². The maximum Gasteiger partial charge on any atom is 0.250 e. The van der Waals surface area contributed by atoms with Gasteiger partial charge in [0.05, 0.1) is 49.6 Å². The van der Waals surface area contributed by atoms with E-state index in [2.05, 4.69) is 42.7 Å². The largest absolute Gasteiger partial charge is 0.375 e. The van der Waals surface area contributed by atoms with Crippen LogP contribution >= 0.6 is 0 Å². The minimum absolute atomic E-state index is 0.00785. The first-order valence-corrected chi connectivity index (χ1v) is 11.5. The van der Waals surface area contributed by atoms with Crippen LogP contribution in [0.2, 0.25) is 0 Å². The Kier molecular flexibility index (Phi) is 5.55. The summed E-state index contributed by atoms with van der Waals surface area (Å²) in [7, 11) is 0. The summed E-state index contributed by atoms with van der Waals surface area (Å²) in [5.41, 5.74) is 6.07. The van der Waals surface area contributed by atoms with Crippen molar-refractivity contribution in [3.05, 3.63) is 99.6 Å². The fraction of sp³-hybridized carbons (Fsp3) is 0.240. The number of fused-ring (bicyclic) bond motifs is 2. The normalized spacial score (nSPS) is 13.1. The number of hydrogen-bond acceptors (Lipinski definition) is 7. The van der Waals surface area contributed by atoms with Crippen molar-refractivity contribution in [3.63, 3.8) is 0 Å².